The molecule has 6 nitrogen and oxygen atoms in total. The first-order valence-electron chi connectivity index (χ1n) is 9.90. The first-order valence-corrected chi connectivity index (χ1v) is 11.5. The summed E-state index contributed by atoms with van der Waals surface area (Å²) in [5.74, 6) is 1.15. The number of benzene rings is 1. The second kappa shape index (κ2) is 9.87. The fourth-order valence-electron chi connectivity index (χ4n) is 3.23. The molecular weight excluding hydrogens is 388 g/mol. The average Bonchev–Trinajstić information content (AvgIpc) is 2.72. The summed E-state index contributed by atoms with van der Waals surface area (Å²) in [6.45, 7) is 5.75. The highest BCUT2D eigenvalue weighted by Gasteiger charge is 2.24. The van der Waals surface area contributed by atoms with E-state index in [1.54, 1.807) is 17.4 Å². The number of pyridine rings is 1. The lowest BCUT2D eigenvalue weighted by Gasteiger charge is -2.31. The zero-order valence-electron chi connectivity index (χ0n) is 17.2. The number of rotatable bonds is 6. The number of aromatic nitrogens is 1. The molecular formula is C22H28N2O4S. The van der Waals surface area contributed by atoms with Crippen LogP contribution in [0.15, 0.2) is 47.5 Å². The summed E-state index contributed by atoms with van der Waals surface area (Å²) in [4.78, 5) is 19.0. The number of hydrogen-bond acceptors (Lipinski definition) is 5. The molecule has 1 aliphatic heterocycles. The lowest BCUT2D eigenvalue weighted by molar-refractivity contribution is 0.0608. The van der Waals surface area contributed by atoms with Crippen molar-refractivity contribution in [2.75, 3.05) is 26.0 Å². The van der Waals surface area contributed by atoms with Gasteiger partial charge in [-0.05, 0) is 56.9 Å². The molecule has 0 saturated carbocycles. The average molecular weight is 417 g/mol. The van der Waals surface area contributed by atoms with Crippen LogP contribution in [0.2, 0.25) is 0 Å². The molecule has 1 atom stereocenters. The van der Waals surface area contributed by atoms with Gasteiger partial charge in [-0.3, -0.25) is 9.19 Å². The Labute approximate surface area is 174 Å². The van der Waals surface area contributed by atoms with Crippen molar-refractivity contribution >= 4 is 16.9 Å². The van der Waals surface area contributed by atoms with Gasteiger partial charge in [0.05, 0.1) is 24.6 Å². The molecule has 1 aromatic heterocycles. The van der Waals surface area contributed by atoms with Crippen molar-refractivity contribution in [2.45, 2.75) is 37.7 Å². The highest BCUT2D eigenvalue weighted by Crippen LogP contribution is 2.23. The van der Waals surface area contributed by atoms with Crippen molar-refractivity contribution in [3.63, 3.8) is 0 Å². The lowest BCUT2D eigenvalue weighted by atomic mass is 9.98. The summed E-state index contributed by atoms with van der Waals surface area (Å²) >= 11 is 0. The molecule has 7 heteroatoms. The van der Waals surface area contributed by atoms with Gasteiger partial charge in [0.25, 0.3) is 0 Å². The third-order valence-electron chi connectivity index (χ3n) is 4.91. The molecule has 0 aliphatic carbocycles. The zero-order valence-corrected chi connectivity index (χ0v) is 18.0. The van der Waals surface area contributed by atoms with E-state index in [4.69, 9.17) is 9.47 Å². The molecule has 0 radical (unpaired) electrons. The topological polar surface area (TPSA) is 68.7 Å². The molecule has 1 amide bonds. The van der Waals surface area contributed by atoms with E-state index in [-0.39, 0.29) is 12.2 Å². The second-order valence-electron chi connectivity index (χ2n) is 7.53. The smallest absolute Gasteiger partial charge is 0.410 e. The Morgan fingerprint density at radius 2 is 1.86 bits per heavy atom. The summed E-state index contributed by atoms with van der Waals surface area (Å²) in [6.07, 6.45) is 4.90. The predicted molar refractivity (Wildman–Crippen MR) is 113 cm³/mol. The number of nitrogens with zero attached hydrogens (tertiary/aromatic N) is 2. The van der Waals surface area contributed by atoms with Crippen molar-refractivity contribution in [1.82, 2.24) is 9.88 Å². The quantitative estimate of drug-likeness (QED) is 0.708. The van der Waals surface area contributed by atoms with Crippen molar-refractivity contribution in [3.05, 3.63) is 42.6 Å². The minimum absolute atomic E-state index is 0.0902. The second-order valence-corrected chi connectivity index (χ2v) is 8.91. The Morgan fingerprint density at radius 3 is 2.41 bits per heavy atom. The van der Waals surface area contributed by atoms with Gasteiger partial charge in [-0.25, -0.2) is 4.79 Å². The largest absolute Gasteiger partial charge is 0.492 e. The zero-order chi connectivity index (χ0) is 20.8. The van der Waals surface area contributed by atoms with Gasteiger partial charge in [0, 0.05) is 40.6 Å². The van der Waals surface area contributed by atoms with Crippen LogP contribution in [0.4, 0.5) is 4.79 Å². The number of amides is 1. The fraction of sp³-hybridized carbons (Fsp3) is 0.455. The van der Waals surface area contributed by atoms with Crippen LogP contribution >= 0.6 is 0 Å². The molecule has 29 heavy (non-hydrogen) atoms. The van der Waals surface area contributed by atoms with Crippen LogP contribution in [0.3, 0.4) is 0 Å². The lowest BCUT2D eigenvalue weighted by Crippen LogP contribution is -2.40. The van der Waals surface area contributed by atoms with E-state index in [1.807, 2.05) is 50.2 Å². The third kappa shape index (κ3) is 6.03. The summed E-state index contributed by atoms with van der Waals surface area (Å²) in [6, 6.07) is 11.4. The third-order valence-corrected chi connectivity index (χ3v) is 5.85. The number of carbonyl (C=O) groups excluding carboxylic acids is 1. The van der Waals surface area contributed by atoms with Crippen molar-refractivity contribution in [1.29, 1.82) is 0 Å². The van der Waals surface area contributed by atoms with Crippen LogP contribution in [0.1, 0.15) is 26.7 Å². The maximum Gasteiger partial charge on any atom is 0.410 e. The monoisotopic (exact) mass is 416 g/mol. The summed E-state index contributed by atoms with van der Waals surface area (Å²) in [7, 11) is -0.980. The van der Waals surface area contributed by atoms with E-state index in [0.29, 0.717) is 25.6 Å². The minimum atomic E-state index is -0.980. The summed E-state index contributed by atoms with van der Waals surface area (Å²) in [5, 5.41) is 0. The molecule has 1 aromatic carbocycles. The number of carbonyl (C=O) groups is 1. The van der Waals surface area contributed by atoms with Gasteiger partial charge in [-0.1, -0.05) is 12.1 Å². The number of likely N-dealkylation sites (tertiary alicyclic amines) is 1. The van der Waals surface area contributed by atoms with Gasteiger partial charge in [-0.15, -0.1) is 0 Å². The summed E-state index contributed by atoms with van der Waals surface area (Å²) in [5.41, 5.74) is 1.83. The van der Waals surface area contributed by atoms with E-state index in [0.717, 1.165) is 34.7 Å². The molecule has 156 valence electrons. The molecule has 2 aromatic rings. The highest BCUT2D eigenvalue weighted by molar-refractivity contribution is 7.84. The van der Waals surface area contributed by atoms with Crippen molar-refractivity contribution in [2.24, 2.45) is 5.92 Å². The Balaban J connectivity index is 1.47. The first kappa shape index (κ1) is 21.3. The molecule has 1 aliphatic rings. The van der Waals surface area contributed by atoms with E-state index in [1.165, 1.54) is 0 Å². The molecule has 3 rings (SSSR count). The highest BCUT2D eigenvalue weighted by atomic mass is 32.2. The Kier molecular flexibility index (Phi) is 7.25. The predicted octanol–water partition coefficient (Wildman–Crippen LogP) is 4.12. The molecule has 2 heterocycles. The van der Waals surface area contributed by atoms with Crippen LogP contribution in [-0.4, -0.2) is 52.2 Å². The first-order chi connectivity index (χ1) is 13.9. The Hall–Kier alpha value is -2.41. The van der Waals surface area contributed by atoms with Crippen LogP contribution in [0.25, 0.3) is 11.3 Å². The minimum Gasteiger partial charge on any atom is -0.492 e. The van der Waals surface area contributed by atoms with Gasteiger partial charge in [0.1, 0.15) is 5.75 Å². The maximum absolute atomic E-state index is 11.9. The van der Waals surface area contributed by atoms with Gasteiger partial charge in [-0.2, -0.15) is 0 Å². The number of ether oxygens (including phenoxy) is 2. The van der Waals surface area contributed by atoms with E-state index in [9.17, 15) is 9.00 Å². The normalized spacial score (nSPS) is 15.9. The summed E-state index contributed by atoms with van der Waals surface area (Å²) < 4.78 is 22.6. The van der Waals surface area contributed by atoms with Gasteiger partial charge >= 0.3 is 6.09 Å². The molecule has 0 bridgehead atoms. The van der Waals surface area contributed by atoms with Crippen LogP contribution < -0.4 is 4.74 Å². The van der Waals surface area contributed by atoms with Gasteiger partial charge in [0.15, 0.2) is 0 Å². The fourth-order valence-corrected chi connectivity index (χ4v) is 3.75. The van der Waals surface area contributed by atoms with Crippen molar-refractivity contribution in [3.8, 4) is 17.0 Å². The van der Waals surface area contributed by atoms with Crippen molar-refractivity contribution < 1.29 is 18.5 Å². The number of piperidine rings is 1. The molecule has 1 fully saturated rings. The van der Waals surface area contributed by atoms with Gasteiger partial charge < -0.3 is 14.4 Å². The molecule has 0 unspecified atom stereocenters. The van der Waals surface area contributed by atoms with E-state index in [2.05, 4.69) is 4.98 Å². The van der Waals surface area contributed by atoms with Crippen LogP contribution in [0, 0.1) is 5.92 Å². The number of hydrogen-bond donors (Lipinski definition) is 0. The SMILES string of the molecule is CC(C)OC(=O)N1CCC(COc2ccc(-c3ccc([S@](C)=O)cc3)nc2)CC1. The molecule has 0 spiro atoms. The van der Waals surface area contributed by atoms with Crippen LogP contribution in [-0.2, 0) is 15.5 Å². The standard InChI is InChI=1S/C22H28N2O4S/c1-16(2)28-22(25)24-12-10-17(11-13-24)15-27-19-6-9-21(23-14-19)18-4-7-20(8-5-18)29(3)26/h4-9,14,16-17H,10-13,15H2,1-3H3/t29-/m0/s1. The van der Waals surface area contributed by atoms with E-state index >= 15 is 0 Å². The molecule has 1 saturated heterocycles. The molecule has 0 N–H and O–H groups in total. The Morgan fingerprint density at radius 1 is 1.17 bits per heavy atom. The van der Waals surface area contributed by atoms with E-state index < -0.39 is 10.8 Å². The Bertz CT molecular complexity index is 829. The maximum atomic E-state index is 11.9. The van der Waals surface area contributed by atoms with Crippen LogP contribution in [0.5, 0.6) is 5.75 Å². The van der Waals surface area contributed by atoms with Gasteiger partial charge in [0.2, 0.25) is 0 Å².